The van der Waals surface area contributed by atoms with Gasteiger partial charge in [-0.1, -0.05) is 29.3 Å². The zero-order valence-electron chi connectivity index (χ0n) is 9.68. The van der Waals surface area contributed by atoms with Crippen LogP contribution in [0.4, 0.5) is 0 Å². The fourth-order valence-corrected chi connectivity index (χ4v) is 3.24. The molecule has 1 aromatic rings. The van der Waals surface area contributed by atoms with Gasteiger partial charge in [0, 0.05) is 0 Å². The van der Waals surface area contributed by atoms with Crippen molar-refractivity contribution in [2.24, 2.45) is 0 Å². The minimum atomic E-state index is -3.57. The van der Waals surface area contributed by atoms with E-state index in [1.807, 2.05) is 0 Å². The molecule has 1 aromatic carbocycles. The number of benzene rings is 1. The third-order valence-electron chi connectivity index (χ3n) is 2.59. The quantitative estimate of drug-likeness (QED) is 0.869. The number of rotatable bonds is 5. The first-order valence-corrected chi connectivity index (χ1v) is 7.70. The Bertz CT molecular complexity index is 516. The van der Waals surface area contributed by atoms with E-state index in [0.29, 0.717) is 10.6 Å². The molecular weight excluding hydrogens is 299 g/mol. The highest BCUT2D eigenvalue weighted by molar-refractivity contribution is 7.91. The van der Waals surface area contributed by atoms with Crippen molar-refractivity contribution in [3.63, 3.8) is 0 Å². The van der Waals surface area contributed by atoms with Crippen molar-refractivity contribution in [3.8, 4) is 0 Å². The predicted molar refractivity (Wildman–Crippen MR) is 71.8 cm³/mol. The van der Waals surface area contributed by atoms with E-state index in [9.17, 15) is 13.5 Å². The molecule has 0 fully saturated rings. The Kier molecular flexibility index (Phi) is 5.43. The Morgan fingerprint density at radius 3 is 2.39 bits per heavy atom. The lowest BCUT2D eigenvalue weighted by molar-refractivity contribution is 0.112. The normalized spacial score (nSPS) is 15.4. The lowest BCUT2D eigenvalue weighted by Gasteiger charge is -2.16. The number of sulfone groups is 1. The molecule has 18 heavy (non-hydrogen) atoms. The van der Waals surface area contributed by atoms with Crippen molar-refractivity contribution in [2.45, 2.75) is 18.3 Å². The SMILES string of the molecule is CC(c1ccc(Cl)c(Cl)c1)S(=O)(=O)CC(O)CO. The molecule has 0 spiro atoms. The average molecular weight is 313 g/mol. The first-order valence-electron chi connectivity index (χ1n) is 5.23. The van der Waals surface area contributed by atoms with Crippen LogP contribution in [-0.4, -0.2) is 37.1 Å². The summed E-state index contributed by atoms with van der Waals surface area (Å²) in [6, 6.07) is 4.58. The van der Waals surface area contributed by atoms with Gasteiger partial charge in [0.1, 0.15) is 0 Å². The van der Waals surface area contributed by atoms with Crippen molar-refractivity contribution >= 4 is 33.0 Å². The van der Waals surface area contributed by atoms with E-state index < -0.39 is 33.6 Å². The second-order valence-electron chi connectivity index (χ2n) is 3.98. The van der Waals surface area contributed by atoms with Gasteiger partial charge in [-0.2, -0.15) is 0 Å². The molecule has 0 bridgehead atoms. The molecular formula is C11H14Cl2O4S. The first kappa shape index (κ1) is 15.7. The van der Waals surface area contributed by atoms with Crippen LogP contribution >= 0.6 is 23.2 Å². The highest BCUT2D eigenvalue weighted by atomic mass is 35.5. The first-order chi connectivity index (χ1) is 8.27. The second kappa shape index (κ2) is 6.21. The third kappa shape index (κ3) is 3.83. The monoisotopic (exact) mass is 312 g/mol. The van der Waals surface area contributed by atoms with Crippen LogP contribution < -0.4 is 0 Å². The largest absolute Gasteiger partial charge is 0.394 e. The highest BCUT2D eigenvalue weighted by Crippen LogP contribution is 2.29. The van der Waals surface area contributed by atoms with Crippen molar-refractivity contribution in [1.29, 1.82) is 0 Å². The fraction of sp³-hybridized carbons (Fsp3) is 0.455. The molecule has 0 amide bonds. The van der Waals surface area contributed by atoms with Gasteiger partial charge in [-0.25, -0.2) is 8.42 Å². The average Bonchev–Trinajstić information content (AvgIpc) is 2.31. The minimum Gasteiger partial charge on any atom is -0.394 e. The van der Waals surface area contributed by atoms with E-state index in [0.717, 1.165) is 0 Å². The highest BCUT2D eigenvalue weighted by Gasteiger charge is 2.25. The number of aliphatic hydroxyl groups is 2. The summed E-state index contributed by atoms with van der Waals surface area (Å²) in [6.07, 6.45) is -1.28. The molecule has 1 rings (SSSR count). The lowest BCUT2D eigenvalue weighted by atomic mass is 10.2. The molecule has 0 heterocycles. The van der Waals surface area contributed by atoms with E-state index in [1.165, 1.54) is 19.1 Å². The van der Waals surface area contributed by atoms with Gasteiger partial charge in [0.05, 0.1) is 33.8 Å². The van der Waals surface area contributed by atoms with Crippen LogP contribution in [-0.2, 0) is 9.84 Å². The maximum atomic E-state index is 11.9. The van der Waals surface area contributed by atoms with Crippen molar-refractivity contribution < 1.29 is 18.6 Å². The molecule has 0 aliphatic rings. The summed E-state index contributed by atoms with van der Waals surface area (Å²) in [5.41, 5.74) is 0.495. The number of aliphatic hydroxyl groups excluding tert-OH is 2. The Balaban J connectivity index is 2.98. The van der Waals surface area contributed by atoms with Crippen molar-refractivity contribution in [2.75, 3.05) is 12.4 Å². The molecule has 0 aliphatic heterocycles. The van der Waals surface area contributed by atoms with Crippen molar-refractivity contribution in [3.05, 3.63) is 33.8 Å². The Morgan fingerprint density at radius 2 is 1.89 bits per heavy atom. The molecule has 0 aliphatic carbocycles. The van der Waals surface area contributed by atoms with Crippen LogP contribution in [0.15, 0.2) is 18.2 Å². The number of halogens is 2. The molecule has 2 N–H and O–H groups in total. The van der Waals surface area contributed by atoms with Crippen LogP contribution in [0.3, 0.4) is 0 Å². The van der Waals surface area contributed by atoms with Crippen molar-refractivity contribution in [1.82, 2.24) is 0 Å². The van der Waals surface area contributed by atoms with Crippen LogP contribution in [0, 0.1) is 0 Å². The zero-order chi connectivity index (χ0) is 13.9. The second-order valence-corrected chi connectivity index (χ2v) is 7.16. The van der Waals surface area contributed by atoms with Crippen LogP contribution in [0.25, 0.3) is 0 Å². The fourth-order valence-electron chi connectivity index (χ4n) is 1.44. The molecule has 102 valence electrons. The molecule has 2 atom stereocenters. The van der Waals surface area contributed by atoms with Crippen LogP contribution in [0.2, 0.25) is 10.0 Å². The van der Waals surface area contributed by atoms with Gasteiger partial charge in [-0.3, -0.25) is 0 Å². The Morgan fingerprint density at radius 1 is 1.28 bits per heavy atom. The van der Waals surface area contributed by atoms with Gasteiger partial charge in [-0.05, 0) is 24.6 Å². The summed E-state index contributed by atoms with van der Waals surface area (Å²) in [6.45, 7) is 0.909. The van der Waals surface area contributed by atoms with E-state index in [2.05, 4.69) is 0 Å². The topological polar surface area (TPSA) is 74.6 Å². The van der Waals surface area contributed by atoms with E-state index >= 15 is 0 Å². The van der Waals surface area contributed by atoms with Gasteiger partial charge in [-0.15, -0.1) is 0 Å². The van der Waals surface area contributed by atoms with Gasteiger partial charge in [0.2, 0.25) is 0 Å². The van der Waals surface area contributed by atoms with Gasteiger partial charge in [0.15, 0.2) is 9.84 Å². The minimum absolute atomic E-state index is 0.277. The van der Waals surface area contributed by atoms with E-state index in [4.69, 9.17) is 28.3 Å². The maximum Gasteiger partial charge on any atom is 0.159 e. The molecule has 0 saturated heterocycles. The predicted octanol–water partition coefficient (Wildman–Crippen LogP) is 1.82. The van der Waals surface area contributed by atoms with Gasteiger partial charge in [0.25, 0.3) is 0 Å². The molecule has 0 radical (unpaired) electrons. The number of hydrogen-bond acceptors (Lipinski definition) is 4. The summed E-state index contributed by atoms with van der Waals surface area (Å²) in [5.74, 6) is -0.495. The molecule has 0 saturated carbocycles. The summed E-state index contributed by atoms with van der Waals surface area (Å²) in [4.78, 5) is 0. The van der Waals surface area contributed by atoms with Crippen LogP contribution in [0.1, 0.15) is 17.7 Å². The van der Waals surface area contributed by atoms with Gasteiger partial charge >= 0.3 is 0 Å². The smallest absolute Gasteiger partial charge is 0.159 e. The summed E-state index contributed by atoms with van der Waals surface area (Å²) < 4.78 is 23.9. The molecule has 7 heteroatoms. The standard InChI is InChI=1S/C11H14Cl2O4S/c1-7(18(16,17)6-9(15)5-14)8-2-3-10(12)11(13)4-8/h2-4,7,9,14-15H,5-6H2,1H3. The van der Waals surface area contributed by atoms with E-state index in [-0.39, 0.29) is 5.02 Å². The third-order valence-corrected chi connectivity index (χ3v) is 5.53. The summed E-state index contributed by atoms with van der Waals surface area (Å²) in [7, 11) is -3.57. The number of hydrogen-bond donors (Lipinski definition) is 2. The summed E-state index contributed by atoms with van der Waals surface area (Å²) >= 11 is 11.6. The molecule has 4 nitrogen and oxygen atoms in total. The molecule has 0 aromatic heterocycles. The molecule has 2 unspecified atom stereocenters. The summed E-state index contributed by atoms with van der Waals surface area (Å²) in [5, 5.41) is 17.7. The van der Waals surface area contributed by atoms with Crippen LogP contribution in [0.5, 0.6) is 0 Å². The lowest BCUT2D eigenvalue weighted by Crippen LogP contribution is -2.27. The zero-order valence-corrected chi connectivity index (χ0v) is 12.0. The maximum absolute atomic E-state index is 11.9. The van der Waals surface area contributed by atoms with Gasteiger partial charge < -0.3 is 10.2 Å². The Labute approximate surface area is 116 Å². The van der Waals surface area contributed by atoms with E-state index in [1.54, 1.807) is 6.07 Å². The Hall–Kier alpha value is -0.330.